The molecule has 0 bridgehead atoms. The van der Waals surface area contributed by atoms with Crippen molar-refractivity contribution in [3.63, 3.8) is 0 Å². The second-order valence-electron chi connectivity index (χ2n) is 3.59. The number of carboxylic acid groups (broad SMARTS) is 1. The van der Waals surface area contributed by atoms with Crippen LogP contribution in [0.2, 0.25) is 0 Å². The highest BCUT2D eigenvalue weighted by molar-refractivity contribution is 7.74. The Morgan fingerprint density at radius 3 is 2.50 bits per heavy atom. The zero-order valence-corrected chi connectivity index (χ0v) is 10.0. The Labute approximate surface area is 105 Å². The van der Waals surface area contributed by atoms with Gasteiger partial charge in [-0.15, -0.1) is 0 Å². The van der Waals surface area contributed by atoms with E-state index in [9.17, 15) is 13.2 Å². The van der Waals surface area contributed by atoms with Crippen molar-refractivity contribution in [2.45, 2.75) is 6.42 Å². The van der Waals surface area contributed by atoms with E-state index in [2.05, 4.69) is 4.98 Å². The number of carboxylic acids is 1. The number of carbonyl (C=O) groups is 1. The second-order valence-corrected chi connectivity index (χ2v) is 4.56. The van der Waals surface area contributed by atoms with E-state index in [-0.39, 0.29) is 22.4 Å². The van der Waals surface area contributed by atoms with Gasteiger partial charge in [0.1, 0.15) is 0 Å². The maximum atomic E-state index is 11.2. The van der Waals surface area contributed by atoms with Crippen molar-refractivity contribution in [3.05, 3.63) is 47.8 Å². The first-order valence-electron chi connectivity index (χ1n) is 5.11. The average molecular weight is 263 g/mol. The number of allylic oxidation sites excluding steroid dienone is 2. The third kappa shape index (κ3) is 2.23. The minimum atomic E-state index is -2.45. The van der Waals surface area contributed by atoms with Gasteiger partial charge in [-0.1, -0.05) is 12.2 Å². The molecule has 0 radical (unpaired) electrons. The van der Waals surface area contributed by atoms with Crippen LogP contribution in [0.25, 0.3) is 5.57 Å². The molecule has 5 nitrogen and oxygen atoms in total. The summed E-state index contributed by atoms with van der Waals surface area (Å²) >= 11 is 0. The third-order valence-electron chi connectivity index (χ3n) is 2.54. The topological polar surface area (TPSA) is 84.3 Å². The molecule has 1 aromatic heterocycles. The van der Waals surface area contributed by atoms with Gasteiger partial charge in [0.25, 0.3) is 0 Å². The van der Waals surface area contributed by atoms with Crippen LogP contribution in [0.1, 0.15) is 12.0 Å². The van der Waals surface area contributed by atoms with Gasteiger partial charge in [0.05, 0.1) is 10.4 Å². The van der Waals surface area contributed by atoms with Gasteiger partial charge in [-0.3, -0.25) is 4.98 Å². The van der Waals surface area contributed by atoms with Gasteiger partial charge in [-0.25, -0.2) is 4.79 Å². The highest BCUT2D eigenvalue weighted by atomic mass is 32.2. The van der Waals surface area contributed by atoms with Crippen LogP contribution in [0.4, 0.5) is 0 Å². The van der Waals surface area contributed by atoms with E-state index < -0.39 is 16.3 Å². The van der Waals surface area contributed by atoms with Crippen molar-refractivity contribution in [2.24, 2.45) is 0 Å². The summed E-state index contributed by atoms with van der Waals surface area (Å²) < 4.78 is 22.4. The third-order valence-corrected chi connectivity index (χ3v) is 3.31. The van der Waals surface area contributed by atoms with Gasteiger partial charge in [0.2, 0.25) is 10.3 Å². The summed E-state index contributed by atoms with van der Waals surface area (Å²) in [6.45, 7) is 0. The largest absolute Gasteiger partial charge is 0.478 e. The predicted molar refractivity (Wildman–Crippen MR) is 66.5 cm³/mol. The standard InChI is InChI=1S/C12H9NO4S/c14-12(15)9-2-1-3-10(18(16)17)11(9)8-4-6-13-7-5-8/h1-2,4-7H,3H2,(H,14,15). The lowest BCUT2D eigenvalue weighted by atomic mass is 9.92. The molecule has 1 aromatic rings. The van der Waals surface area contributed by atoms with E-state index in [1.165, 1.54) is 24.5 Å². The molecule has 0 amide bonds. The molecule has 0 spiro atoms. The van der Waals surface area contributed by atoms with E-state index in [4.69, 9.17) is 5.11 Å². The van der Waals surface area contributed by atoms with Crippen molar-refractivity contribution in [1.29, 1.82) is 0 Å². The molecule has 92 valence electrons. The van der Waals surface area contributed by atoms with E-state index in [1.807, 2.05) is 0 Å². The van der Waals surface area contributed by atoms with Gasteiger partial charge >= 0.3 is 5.97 Å². The van der Waals surface area contributed by atoms with E-state index in [0.717, 1.165) is 0 Å². The number of nitrogens with zero attached hydrogens (tertiary/aromatic N) is 1. The molecule has 0 aromatic carbocycles. The summed E-state index contributed by atoms with van der Waals surface area (Å²) in [4.78, 5) is 15.1. The highest BCUT2D eigenvalue weighted by Gasteiger charge is 2.22. The fourth-order valence-corrected chi connectivity index (χ4v) is 2.41. The lowest BCUT2D eigenvalue weighted by molar-refractivity contribution is -0.132. The maximum absolute atomic E-state index is 11.2. The first-order valence-corrected chi connectivity index (χ1v) is 6.18. The fraction of sp³-hybridized carbons (Fsp3) is 0.0833. The predicted octanol–water partition coefficient (Wildman–Crippen LogP) is 0.931. The normalized spacial score (nSPS) is 14.8. The van der Waals surface area contributed by atoms with Crippen LogP contribution >= 0.6 is 0 Å². The molecule has 0 atom stereocenters. The zero-order valence-electron chi connectivity index (χ0n) is 9.20. The molecule has 6 heteroatoms. The van der Waals surface area contributed by atoms with Crippen LogP contribution in [0.3, 0.4) is 0 Å². The molecule has 1 aliphatic carbocycles. The Hall–Kier alpha value is -2.21. The number of rotatable bonds is 2. The average Bonchev–Trinajstić information content (AvgIpc) is 2.38. The summed E-state index contributed by atoms with van der Waals surface area (Å²) in [6.07, 6.45) is 6.13. The Kier molecular flexibility index (Phi) is 3.38. The molecule has 0 saturated carbocycles. The smallest absolute Gasteiger partial charge is 0.336 e. The summed E-state index contributed by atoms with van der Waals surface area (Å²) in [5.41, 5.74) is 0.748. The molecule has 2 rings (SSSR count). The van der Waals surface area contributed by atoms with Gasteiger partial charge < -0.3 is 5.11 Å². The highest BCUT2D eigenvalue weighted by Crippen LogP contribution is 2.26. The second kappa shape index (κ2) is 4.97. The van der Waals surface area contributed by atoms with Gasteiger partial charge in [-0.05, 0) is 17.7 Å². The number of hydrogen-bond donors (Lipinski definition) is 1. The number of aromatic nitrogens is 1. The van der Waals surface area contributed by atoms with E-state index in [0.29, 0.717) is 5.56 Å². The Bertz CT molecular complexity index is 676. The van der Waals surface area contributed by atoms with E-state index >= 15 is 0 Å². The molecule has 0 saturated heterocycles. The maximum Gasteiger partial charge on any atom is 0.336 e. The molecule has 0 aliphatic heterocycles. The molecule has 1 N–H and O–H groups in total. The van der Waals surface area contributed by atoms with Crippen molar-refractivity contribution >= 4 is 26.7 Å². The van der Waals surface area contributed by atoms with Crippen LogP contribution in [-0.2, 0) is 15.1 Å². The Morgan fingerprint density at radius 1 is 1.28 bits per heavy atom. The fourth-order valence-electron chi connectivity index (χ4n) is 1.78. The minimum absolute atomic E-state index is 0.0216. The molecular formula is C12H9NO4S. The molecule has 1 aliphatic rings. The van der Waals surface area contributed by atoms with Crippen LogP contribution in [0.5, 0.6) is 0 Å². The molecule has 0 fully saturated rings. The number of hydrogen-bond acceptors (Lipinski definition) is 4. The van der Waals surface area contributed by atoms with Crippen molar-refractivity contribution in [3.8, 4) is 0 Å². The summed E-state index contributed by atoms with van der Waals surface area (Å²) in [6, 6.07) is 3.18. The van der Waals surface area contributed by atoms with Crippen LogP contribution < -0.4 is 0 Å². The lowest BCUT2D eigenvalue weighted by Gasteiger charge is -2.13. The van der Waals surface area contributed by atoms with Crippen LogP contribution in [0, 0.1) is 0 Å². The minimum Gasteiger partial charge on any atom is -0.478 e. The zero-order chi connectivity index (χ0) is 13.1. The van der Waals surface area contributed by atoms with Gasteiger partial charge in [0.15, 0.2) is 0 Å². The van der Waals surface area contributed by atoms with Crippen LogP contribution in [-0.4, -0.2) is 29.3 Å². The first-order chi connectivity index (χ1) is 8.61. The van der Waals surface area contributed by atoms with Crippen LogP contribution in [0.15, 0.2) is 42.3 Å². The Balaban J connectivity index is 2.78. The summed E-state index contributed by atoms with van der Waals surface area (Å²) in [5.74, 6) is -1.15. The molecule has 1 heterocycles. The summed E-state index contributed by atoms with van der Waals surface area (Å²) in [7, 11) is -2.45. The first kappa shape index (κ1) is 12.3. The van der Waals surface area contributed by atoms with Crippen molar-refractivity contribution in [1.82, 2.24) is 4.98 Å². The van der Waals surface area contributed by atoms with Gasteiger partial charge in [0, 0.05) is 24.4 Å². The SMILES string of the molecule is O=C(O)C1=C(c2ccncc2)C(=S(=O)=O)CC=C1. The van der Waals surface area contributed by atoms with Gasteiger partial charge in [-0.2, -0.15) is 8.42 Å². The van der Waals surface area contributed by atoms with Crippen molar-refractivity contribution < 1.29 is 18.3 Å². The molecular weight excluding hydrogens is 254 g/mol. The van der Waals surface area contributed by atoms with Crippen molar-refractivity contribution in [2.75, 3.05) is 0 Å². The monoisotopic (exact) mass is 263 g/mol. The number of pyridine rings is 1. The van der Waals surface area contributed by atoms with E-state index in [1.54, 1.807) is 12.1 Å². The lowest BCUT2D eigenvalue weighted by Crippen LogP contribution is -2.13. The summed E-state index contributed by atoms with van der Waals surface area (Å²) in [5, 5.41) is 9.13. The molecule has 18 heavy (non-hydrogen) atoms. The molecule has 0 unspecified atom stereocenters. The quantitative estimate of drug-likeness (QED) is 0.802. The Morgan fingerprint density at radius 2 is 1.94 bits per heavy atom. The number of aliphatic carboxylic acids is 1.